The van der Waals surface area contributed by atoms with E-state index in [0.29, 0.717) is 22.6 Å². The lowest BCUT2D eigenvalue weighted by atomic mass is 9.84. The molecule has 6 heteroatoms. The first-order chi connectivity index (χ1) is 19.6. The molecule has 5 rings (SSSR count). The van der Waals surface area contributed by atoms with E-state index in [4.69, 9.17) is 22.1 Å². The summed E-state index contributed by atoms with van der Waals surface area (Å²) in [4.78, 5) is 29.1. The normalized spacial score (nSPS) is 12.4. The molecule has 5 aromatic rings. The molecule has 1 atom stereocenters. The molecule has 0 unspecified atom stereocenters. The molecule has 1 heterocycles. The number of halogens is 1. The zero-order valence-corrected chi connectivity index (χ0v) is 24.0. The molecule has 207 valence electrons. The van der Waals surface area contributed by atoms with Crippen molar-refractivity contribution in [3.8, 4) is 0 Å². The Labute approximate surface area is 245 Å². The van der Waals surface area contributed by atoms with Crippen LogP contribution in [0.5, 0.6) is 0 Å². The average molecular weight is 564 g/mol. The maximum atomic E-state index is 13.3. The van der Waals surface area contributed by atoms with Gasteiger partial charge in [0, 0.05) is 27.7 Å². The molecule has 0 bridgehead atoms. The fourth-order valence-electron chi connectivity index (χ4n) is 4.91. The molecule has 0 fully saturated rings. The Hall–Kier alpha value is -4.19. The SMILES string of the molecule is CC(C)(C)OC(=O)c1ccc([C](c2ccccc2)c2ccc(C(=O)[C@@H](N)Cc3c[nH]c4ccccc34)cc2)c(Cl)c1. The highest BCUT2D eigenvalue weighted by Gasteiger charge is 2.24. The van der Waals surface area contributed by atoms with E-state index in [9.17, 15) is 9.59 Å². The number of esters is 1. The number of hydrogen-bond acceptors (Lipinski definition) is 4. The smallest absolute Gasteiger partial charge is 0.338 e. The molecule has 41 heavy (non-hydrogen) atoms. The fourth-order valence-corrected chi connectivity index (χ4v) is 5.18. The van der Waals surface area contributed by atoms with Crippen LogP contribution >= 0.6 is 11.6 Å². The van der Waals surface area contributed by atoms with Gasteiger partial charge in [-0.2, -0.15) is 0 Å². The maximum Gasteiger partial charge on any atom is 0.338 e. The number of ketones is 1. The summed E-state index contributed by atoms with van der Waals surface area (Å²) in [6.07, 6.45) is 2.35. The number of hydrogen-bond donors (Lipinski definition) is 2. The van der Waals surface area contributed by atoms with Crippen molar-refractivity contribution in [2.75, 3.05) is 0 Å². The van der Waals surface area contributed by atoms with Crippen molar-refractivity contribution >= 4 is 34.3 Å². The molecule has 0 aliphatic heterocycles. The molecule has 3 N–H and O–H groups in total. The monoisotopic (exact) mass is 563 g/mol. The predicted molar refractivity (Wildman–Crippen MR) is 164 cm³/mol. The largest absolute Gasteiger partial charge is 0.456 e. The van der Waals surface area contributed by atoms with Crippen LogP contribution in [0.2, 0.25) is 5.02 Å². The van der Waals surface area contributed by atoms with Crippen LogP contribution in [-0.4, -0.2) is 28.4 Å². The summed E-state index contributed by atoms with van der Waals surface area (Å²) in [5, 5.41) is 1.50. The zero-order chi connectivity index (χ0) is 29.1. The molecule has 1 radical (unpaired) electrons. The number of H-pyrrole nitrogens is 1. The van der Waals surface area contributed by atoms with E-state index in [1.165, 1.54) is 0 Å². The molecule has 1 aromatic heterocycles. The number of nitrogens with one attached hydrogen (secondary N) is 1. The summed E-state index contributed by atoms with van der Waals surface area (Å²) in [6, 6.07) is 29.8. The number of para-hydroxylation sites is 1. The second kappa shape index (κ2) is 11.7. The van der Waals surface area contributed by atoms with E-state index < -0.39 is 17.6 Å². The van der Waals surface area contributed by atoms with Crippen LogP contribution < -0.4 is 5.73 Å². The topological polar surface area (TPSA) is 85.2 Å². The van der Waals surface area contributed by atoms with E-state index in [0.717, 1.165) is 39.1 Å². The number of rotatable bonds is 8. The Bertz CT molecular complexity index is 1680. The van der Waals surface area contributed by atoms with Gasteiger partial charge in [0.1, 0.15) is 5.60 Å². The number of aromatic amines is 1. The van der Waals surface area contributed by atoms with Gasteiger partial charge in [0.15, 0.2) is 5.78 Å². The van der Waals surface area contributed by atoms with Crippen molar-refractivity contribution in [3.05, 3.63) is 148 Å². The van der Waals surface area contributed by atoms with Gasteiger partial charge in [-0.05, 0) is 67.6 Å². The standard InChI is InChI=1S/C35H32ClN2O3/c1-35(2,3)41-34(40)25-17-18-28(29(36)19-25)32(22-9-5-4-6-10-22)23-13-15-24(16-14-23)33(39)30(37)20-26-21-38-31-12-8-7-11-27(26)31/h4-19,21,30,38H,20,37H2,1-3H3/t30-/m0/s1. The lowest BCUT2D eigenvalue weighted by molar-refractivity contribution is 0.00694. The van der Waals surface area contributed by atoms with Gasteiger partial charge >= 0.3 is 5.97 Å². The predicted octanol–water partition coefficient (Wildman–Crippen LogP) is 7.55. The summed E-state index contributed by atoms with van der Waals surface area (Å²) in [6.45, 7) is 5.48. The van der Waals surface area contributed by atoms with Gasteiger partial charge in [-0.25, -0.2) is 4.79 Å². The second-order valence-electron chi connectivity index (χ2n) is 11.0. The van der Waals surface area contributed by atoms with Crippen molar-refractivity contribution in [3.63, 3.8) is 0 Å². The van der Waals surface area contributed by atoms with Crippen molar-refractivity contribution < 1.29 is 14.3 Å². The third-order valence-electron chi connectivity index (χ3n) is 6.85. The minimum absolute atomic E-state index is 0.122. The van der Waals surface area contributed by atoms with Crippen LogP contribution in [0.1, 0.15) is 63.7 Å². The Kier molecular flexibility index (Phi) is 8.11. The number of nitrogens with two attached hydrogens (primary N) is 1. The van der Waals surface area contributed by atoms with Gasteiger partial charge in [-0.1, -0.05) is 90.5 Å². The van der Waals surface area contributed by atoms with Gasteiger partial charge in [0.2, 0.25) is 0 Å². The van der Waals surface area contributed by atoms with Crippen molar-refractivity contribution in [2.45, 2.75) is 38.8 Å². The Morgan fingerprint density at radius 1 is 0.829 bits per heavy atom. The Morgan fingerprint density at radius 2 is 1.44 bits per heavy atom. The van der Waals surface area contributed by atoms with Crippen molar-refractivity contribution in [1.29, 1.82) is 0 Å². The number of ether oxygens (including phenoxy) is 1. The number of benzene rings is 4. The molecular weight excluding hydrogens is 532 g/mol. The van der Waals surface area contributed by atoms with Gasteiger partial charge in [-0.15, -0.1) is 0 Å². The molecule has 0 aliphatic rings. The molecule has 5 nitrogen and oxygen atoms in total. The molecule has 0 saturated carbocycles. The Balaban J connectivity index is 1.41. The molecular formula is C35H32ClN2O3. The highest BCUT2D eigenvalue weighted by atomic mass is 35.5. The molecule has 0 spiro atoms. The number of Topliss-reactive ketones (excluding diaryl/α,β-unsaturated/α-hetero) is 1. The molecule has 0 saturated heterocycles. The first kappa shape index (κ1) is 28.3. The van der Waals surface area contributed by atoms with Crippen LogP contribution in [0.15, 0.2) is 103 Å². The van der Waals surface area contributed by atoms with E-state index in [-0.39, 0.29) is 5.78 Å². The van der Waals surface area contributed by atoms with E-state index in [2.05, 4.69) is 4.98 Å². The maximum absolute atomic E-state index is 13.3. The van der Waals surface area contributed by atoms with Crippen LogP contribution in [0, 0.1) is 5.92 Å². The third-order valence-corrected chi connectivity index (χ3v) is 7.16. The quantitative estimate of drug-likeness (QED) is 0.116. The van der Waals surface area contributed by atoms with Crippen LogP contribution in [0.25, 0.3) is 10.9 Å². The first-order valence-electron chi connectivity index (χ1n) is 13.5. The summed E-state index contributed by atoms with van der Waals surface area (Å²) < 4.78 is 5.51. The Morgan fingerprint density at radius 3 is 2.12 bits per heavy atom. The van der Waals surface area contributed by atoms with Crippen molar-refractivity contribution in [2.24, 2.45) is 5.73 Å². The van der Waals surface area contributed by atoms with Crippen LogP contribution in [0.3, 0.4) is 0 Å². The fraction of sp³-hybridized carbons (Fsp3) is 0.171. The second-order valence-corrected chi connectivity index (χ2v) is 11.5. The minimum atomic E-state index is -0.674. The summed E-state index contributed by atoms with van der Waals surface area (Å²) >= 11 is 6.77. The lowest BCUT2D eigenvalue weighted by Crippen LogP contribution is -2.32. The summed E-state index contributed by atoms with van der Waals surface area (Å²) in [7, 11) is 0. The van der Waals surface area contributed by atoms with E-state index in [1.54, 1.807) is 24.3 Å². The van der Waals surface area contributed by atoms with E-state index >= 15 is 0 Å². The number of carbonyl (C=O) groups is 2. The van der Waals surface area contributed by atoms with Gasteiger partial charge in [0.25, 0.3) is 0 Å². The molecule has 0 amide bonds. The number of fused-ring (bicyclic) bond motifs is 1. The molecule has 4 aromatic carbocycles. The minimum Gasteiger partial charge on any atom is -0.456 e. The number of aromatic nitrogens is 1. The highest BCUT2D eigenvalue weighted by molar-refractivity contribution is 6.32. The summed E-state index contributed by atoms with van der Waals surface area (Å²) in [5.74, 6) is 0.329. The molecule has 0 aliphatic carbocycles. The lowest BCUT2D eigenvalue weighted by Gasteiger charge is -2.22. The average Bonchev–Trinajstić information content (AvgIpc) is 3.36. The van der Waals surface area contributed by atoms with Crippen LogP contribution in [0.4, 0.5) is 0 Å². The third kappa shape index (κ3) is 6.43. The van der Waals surface area contributed by atoms with Gasteiger partial charge in [0.05, 0.1) is 17.5 Å². The van der Waals surface area contributed by atoms with E-state index in [1.807, 2.05) is 99.8 Å². The van der Waals surface area contributed by atoms with Gasteiger partial charge < -0.3 is 15.5 Å². The number of carbonyl (C=O) groups excluding carboxylic acids is 2. The van der Waals surface area contributed by atoms with Crippen LogP contribution in [-0.2, 0) is 11.2 Å². The zero-order valence-electron chi connectivity index (χ0n) is 23.3. The summed E-state index contributed by atoms with van der Waals surface area (Å²) in [5.41, 5.74) is 11.3. The van der Waals surface area contributed by atoms with Gasteiger partial charge in [-0.3, -0.25) is 4.79 Å². The highest BCUT2D eigenvalue weighted by Crippen LogP contribution is 2.36. The first-order valence-corrected chi connectivity index (χ1v) is 13.9. The van der Waals surface area contributed by atoms with Crippen molar-refractivity contribution in [1.82, 2.24) is 4.98 Å².